The van der Waals surface area contributed by atoms with Crippen LogP contribution in [0.3, 0.4) is 0 Å². The molecule has 1 aliphatic rings. The van der Waals surface area contributed by atoms with E-state index < -0.39 is 0 Å². The van der Waals surface area contributed by atoms with Crippen molar-refractivity contribution in [1.82, 2.24) is 15.5 Å². The Kier molecular flexibility index (Phi) is 5.38. The van der Waals surface area contributed by atoms with E-state index in [1.807, 2.05) is 6.92 Å². The molecule has 1 N–H and O–H groups in total. The average Bonchev–Trinajstić information content (AvgIpc) is 3.24. The second-order valence-electron chi connectivity index (χ2n) is 5.86. The number of thioether (sulfide) groups is 1. The van der Waals surface area contributed by atoms with E-state index in [0.717, 1.165) is 6.54 Å². The van der Waals surface area contributed by atoms with Crippen molar-refractivity contribution in [3.8, 4) is 11.7 Å². The van der Waals surface area contributed by atoms with Gasteiger partial charge in [0.15, 0.2) is 5.76 Å². The van der Waals surface area contributed by atoms with Crippen molar-refractivity contribution in [2.24, 2.45) is 5.92 Å². The van der Waals surface area contributed by atoms with Gasteiger partial charge >= 0.3 is 0 Å². The first-order valence-electron chi connectivity index (χ1n) is 8.04. The summed E-state index contributed by atoms with van der Waals surface area (Å²) in [5.41, 5.74) is 0. The summed E-state index contributed by atoms with van der Waals surface area (Å²) in [6.07, 6.45) is 7.88. The Labute approximate surface area is 139 Å². The molecule has 0 unspecified atom stereocenters. The molecule has 1 fully saturated rings. The molecule has 0 saturated heterocycles. The second kappa shape index (κ2) is 7.68. The predicted octanol–water partition coefficient (Wildman–Crippen LogP) is 3.51. The molecule has 23 heavy (non-hydrogen) atoms. The molecule has 7 heteroatoms. The Hall–Kier alpha value is -1.76. The van der Waals surface area contributed by atoms with Gasteiger partial charge in [-0.2, -0.15) is 0 Å². The molecule has 2 aromatic rings. The standard InChI is InChI=1S/C16H21N3O3S/c1-11(14(20)17-10-12-6-3-2-4-7-12)23-16-19-18-15(22-16)13-8-5-9-21-13/h5,8-9,11-12H,2-4,6-7,10H2,1H3,(H,17,20)/t11-/m0/s1. The summed E-state index contributed by atoms with van der Waals surface area (Å²) in [6, 6.07) is 3.51. The normalized spacial score (nSPS) is 17.1. The molecule has 1 amide bonds. The number of carbonyl (C=O) groups excluding carboxylic acids is 1. The van der Waals surface area contributed by atoms with Crippen LogP contribution in [0.1, 0.15) is 39.0 Å². The maximum Gasteiger partial charge on any atom is 0.284 e. The summed E-state index contributed by atoms with van der Waals surface area (Å²) in [5, 5.41) is 11.0. The first kappa shape index (κ1) is 16.1. The number of nitrogens with one attached hydrogen (secondary N) is 1. The average molecular weight is 335 g/mol. The lowest BCUT2D eigenvalue weighted by Crippen LogP contribution is -2.35. The molecule has 2 aromatic heterocycles. The van der Waals surface area contributed by atoms with E-state index in [1.165, 1.54) is 43.9 Å². The molecule has 3 rings (SSSR count). The highest BCUT2D eigenvalue weighted by atomic mass is 32.2. The van der Waals surface area contributed by atoms with Crippen molar-refractivity contribution in [3.63, 3.8) is 0 Å². The van der Waals surface area contributed by atoms with Crippen molar-refractivity contribution in [2.45, 2.75) is 49.5 Å². The Morgan fingerprint density at radius 2 is 2.22 bits per heavy atom. The minimum atomic E-state index is -0.275. The molecule has 124 valence electrons. The zero-order chi connectivity index (χ0) is 16.1. The summed E-state index contributed by atoms with van der Waals surface area (Å²) in [4.78, 5) is 12.2. The van der Waals surface area contributed by atoms with Gasteiger partial charge in [0.25, 0.3) is 11.1 Å². The van der Waals surface area contributed by atoms with Crippen LogP contribution in [0.5, 0.6) is 0 Å². The fourth-order valence-electron chi connectivity index (χ4n) is 2.74. The van der Waals surface area contributed by atoms with Crippen LogP contribution in [0.25, 0.3) is 11.7 Å². The molecular formula is C16H21N3O3S. The largest absolute Gasteiger partial charge is 0.459 e. The fourth-order valence-corrected chi connectivity index (χ4v) is 3.45. The van der Waals surface area contributed by atoms with Gasteiger partial charge < -0.3 is 14.2 Å². The zero-order valence-corrected chi connectivity index (χ0v) is 14.0. The van der Waals surface area contributed by atoms with Crippen LogP contribution in [0, 0.1) is 5.92 Å². The van der Waals surface area contributed by atoms with E-state index in [9.17, 15) is 4.79 Å². The summed E-state index contributed by atoms with van der Waals surface area (Å²) < 4.78 is 10.7. The van der Waals surface area contributed by atoms with Gasteiger partial charge in [-0.3, -0.25) is 4.79 Å². The van der Waals surface area contributed by atoms with Crippen LogP contribution in [0.15, 0.2) is 32.5 Å². The molecule has 1 aliphatic carbocycles. The maximum absolute atomic E-state index is 12.2. The molecule has 2 heterocycles. The number of rotatable bonds is 6. The van der Waals surface area contributed by atoms with Gasteiger partial charge in [0.05, 0.1) is 11.5 Å². The second-order valence-corrected chi connectivity index (χ2v) is 7.15. The monoisotopic (exact) mass is 335 g/mol. The number of carbonyl (C=O) groups is 1. The molecule has 0 spiro atoms. The van der Waals surface area contributed by atoms with Gasteiger partial charge in [-0.15, -0.1) is 10.2 Å². The van der Waals surface area contributed by atoms with E-state index in [1.54, 1.807) is 18.4 Å². The molecule has 0 bridgehead atoms. The Morgan fingerprint density at radius 1 is 1.39 bits per heavy atom. The maximum atomic E-state index is 12.2. The van der Waals surface area contributed by atoms with E-state index in [-0.39, 0.29) is 11.2 Å². The Balaban J connectivity index is 1.48. The van der Waals surface area contributed by atoms with Crippen LogP contribution in [0.4, 0.5) is 0 Å². The van der Waals surface area contributed by atoms with Crippen LogP contribution >= 0.6 is 11.8 Å². The van der Waals surface area contributed by atoms with Crippen molar-refractivity contribution in [2.75, 3.05) is 6.54 Å². The van der Waals surface area contributed by atoms with Crippen LogP contribution < -0.4 is 5.32 Å². The number of hydrogen-bond donors (Lipinski definition) is 1. The van der Waals surface area contributed by atoms with Crippen molar-refractivity contribution >= 4 is 17.7 Å². The van der Waals surface area contributed by atoms with Crippen molar-refractivity contribution in [1.29, 1.82) is 0 Å². The number of hydrogen-bond acceptors (Lipinski definition) is 6. The summed E-state index contributed by atoms with van der Waals surface area (Å²) in [7, 11) is 0. The topological polar surface area (TPSA) is 81.2 Å². The Morgan fingerprint density at radius 3 is 2.96 bits per heavy atom. The van der Waals surface area contributed by atoms with Gasteiger partial charge in [0.1, 0.15) is 0 Å². The zero-order valence-electron chi connectivity index (χ0n) is 13.2. The van der Waals surface area contributed by atoms with E-state index in [0.29, 0.717) is 22.8 Å². The fraction of sp³-hybridized carbons (Fsp3) is 0.562. The quantitative estimate of drug-likeness (QED) is 0.814. The van der Waals surface area contributed by atoms with E-state index in [4.69, 9.17) is 8.83 Å². The number of amides is 1. The molecule has 0 radical (unpaired) electrons. The first-order valence-corrected chi connectivity index (χ1v) is 8.92. The lowest BCUT2D eigenvalue weighted by Gasteiger charge is -2.22. The number of furan rings is 1. The smallest absolute Gasteiger partial charge is 0.284 e. The van der Waals surface area contributed by atoms with Gasteiger partial charge in [0, 0.05) is 6.54 Å². The predicted molar refractivity (Wildman–Crippen MR) is 86.9 cm³/mol. The minimum Gasteiger partial charge on any atom is -0.459 e. The lowest BCUT2D eigenvalue weighted by molar-refractivity contribution is -0.120. The molecular weight excluding hydrogens is 314 g/mol. The molecule has 0 aliphatic heterocycles. The van der Waals surface area contributed by atoms with Crippen LogP contribution in [0.2, 0.25) is 0 Å². The van der Waals surface area contributed by atoms with Gasteiger partial charge in [-0.05, 0) is 37.8 Å². The van der Waals surface area contributed by atoms with Gasteiger partial charge in [-0.25, -0.2) is 0 Å². The first-order chi connectivity index (χ1) is 11.2. The van der Waals surface area contributed by atoms with Crippen molar-refractivity contribution < 1.29 is 13.6 Å². The third-order valence-corrected chi connectivity index (χ3v) is 5.01. The third-order valence-electron chi connectivity index (χ3n) is 4.07. The summed E-state index contributed by atoms with van der Waals surface area (Å²) >= 11 is 1.26. The highest BCUT2D eigenvalue weighted by molar-refractivity contribution is 8.00. The number of nitrogens with zero attached hydrogens (tertiary/aromatic N) is 2. The summed E-state index contributed by atoms with van der Waals surface area (Å²) in [6.45, 7) is 2.61. The minimum absolute atomic E-state index is 0.0123. The molecule has 1 atom stereocenters. The highest BCUT2D eigenvalue weighted by Crippen LogP contribution is 2.27. The SMILES string of the molecule is C[C@H](Sc1nnc(-c2ccco2)o1)C(=O)NCC1CCCCC1. The van der Waals surface area contributed by atoms with E-state index >= 15 is 0 Å². The van der Waals surface area contributed by atoms with Gasteiger partial charge in [-0.1, -0.05) is 31.0 Å². The molecule has 6 nitrogen and oxygen atoms in total. The molecule has 0 aromatic carbocycles. The van der Waals surface area contributed by atoms with E-state index in [2.05, 4.69) is 15.5 Å². The van der Waals surface area contributed by atoms with Crippen molar-refractivity contribution in [3.05, 3.63) is 18.4 Å². The highest BCUT2D eigenvalue weighted by Gasteiger charge is 2.21. The summed E-state index contributed by atoms with van der Waals surface area (Å²) in [5.74, 6) is 1.49. The van der Waals surface area contributed by atoms with Gasteiger partial charge in [0.2, 0.25) is 5.91 Å². The van der Waals surface area contributed by atoms with Crippen LogP contribution in [-0.4, -0.2) is 27.9 Å². The number of aromatic nitrogens is 2. The van der Waals surface area contributed by atoms with Crippen LogP contribution in [-0.2, 0) is 4.79 Å². The third kappa shape index (κ3) is 4.37. The Bertz CT molecular complexity index is 620. The lowest BCUT2D eigenvalue weighted by atomic mass is 9.89. The molecule has 1 saturated carbocycles.